The highest BCUT2D eigenvalue weighted by Gasteiger charge is 2.34. The van der Waals surface area contributed by atoms with Gasteiger partial charge in [-0.15, -0.1) is 0 Å². The highest BCUT2D eigenvalue weighted by Crippen LogP contribution is 2.29. The van der Waals surface area contributed by atoms with E-state index in [0.717, 1.165) is 24.9 Å². The summed E-state index contributed by atoms with van der Waals surface area (Å²) >= 11 is 29.3. The van der Waals surface area contributed by atoms with Gasteiger partial charge < -0.3 is 16.0 Å². The van der Waals surface area contributed by atoms with E-state index in [-0.39, 0.29) is 11.0 Å². The topological polar surface area (TPSA) is 53.2 Å². The summed E-state index contributed by atoms with van der Waals surface area (Å²) < 4.78 is -1.77. The second kappa shape index (κ2) is 18.8. The molecule has 0 aliphatic rings. The molecule has 9 heteroatoms. The van der Waals surface area contributed by atoms with Crippen molar-refractivity contribution in [2.75, 3.05) is 5.32 Å². The molecule has 1 atom stereocenters. The summed E-state index contributed by atoms with van der Waals surface area (Å²) in [6.07, 6.45) is 15.7. The van der Waals surface area contributed by atoms with Gasteiger partial charge in [-0.1, -0.05) is 130 Å². The average molecular weight is 571 g/mol. The van der Waals surface area contributed by atoms with Gasteiger partial charge in [-0.2, -0.15) is 0 Å². The number of amides is 1. The molecule has 34 heavy (non-hydrogen) atoms. The van der Waals surface area contributed by atoms with Crippen LogP contribution in [-0.4, -0.2) is 21.0 Å². The van der Waals surface area contributed by atoms with Crippen LogP contribution in [0.2, 0.25) is 5.02 Å². The zero-order valence-electron chi connectivity index (χ0n) is 20.1. The first-order valence-electron chi connectivity index (χ1n) is 12.4. The third-order valence-electron chi connectivity index (χ3n) is 5.52. The van der Waals surface area contributed by atoms with Crippen molar-refractivity contribution in [3.8, 4) is 0 Å². The molecule has 0 aromatic heterocycles. The van der Waals surface area contributed by atoms with Crippen LogP contribution in [-0.2, 0) is 4.79 Å². The molecule has 0 heterocycles. The quantitative estimate of drug-likeness (QED) is 0.0757. The fourth-order valence-electron chi connectivity index (χ4n) is 3.57. The highest BCUT2D eigenvalue weighted by atomic mass is 35.6. The van der Waals surface area contributed by atoms with Gasteiger partial charge in [-0.05, 0) is 42.9 Å². The Balaban J connectivity index is 2.17. The van der Waals surface area contributed by atoms with Gasteiger partial charge in [-0.3, -0.25) is 4.79 Å². The first-order chi connectivity index (χ1) is 16.2. The molecule has 1 rings (SSSR count). The maximum atomic E-state index is 12.4. The van der Waals surface area contributed by atoms with E-state index in [0.29, 0.717) is 11.4 Å². The number of thiocarbonyl (C=S) groups is 1. The van der Waals surface area contributed by atoms with Crippen molar-refractivity contribution in [1.82, 2.24) is 10.6 Å². The number of hydrogen-bond acceptors (Lipinski definition) is 2. The second-order valence-electron chi connectivity index (χ2n) is 8.64. The number of hydrogen-bond donors (Lipinski definition) is 3. The van der Waals surface area contributed by atoms with E-state index in [9.17, 15) is 4.79 Å². The lowest BCUT2D eigenvalue weighted by atomic mass is 10.0. The zero-order valence-corrected chi connectivity index (χ0v) is 24.0. The van der Waals surface area contributed by atoms with Crippen LogP contribution in [0.15, 0.2) is 24.3 Å². The second-order valence-corrected chi connectivity index (χ2v) is 11.9. The maximum absolute atomic E-state index is 12.4. The summed E-state index contributed by atoms with van der Waals surface area (Å²) in [5.74, 6) is -0.179. The smallest absolute Gasteiger partial charge is 0.228 e. The Labute approximate surface area is 231 Å². The molecule has 1 amide bonds. The Hall–Kier alpha value is -0.460. The van der Waals surface area contributed by atoms with Gasteiger partial charge in [0.05, 0.1) is 0 Å². The van der Waals surface area contributed by atoms with E-state index < -0.39 is 9.96 Å². The van der Waals surface area contributed by atoms with E-state index in [1.165, 1.54) is 64.2 Å². The maximum Gasteiger partial charge on any atom is 0.228 e. The minimum Gasteiger partial charge on any atom is -0.339 e. The lowest BCUT2D eigenvalue weighted by molar-refractivity contribution is -0.122. The number of benzene rings is 1. The van der Waals surface area contributed by atoms with E-state index in [1.54, 1.807) is 24.3 Å². The van der Waals surface area contributed by atoms with Crippen LogP contribution in [0.4, 0.5) is 5.69 Å². The number of halogens is 4. The zero-order chi connectivity index (χ0) is 25.2. The Morgan fingerprint density at radius 3 is 1.76 bits per heavy atom. The molecule has 3 N–H and O–H groups in total. The van der Waals surface area contributed by atoms with Gasteiger partial charge in [0, 0.05) is 17.1 Å². The number of nitrogens with one attached hydrogen (secondary N) is 3. The Morgan fingerprint density at radius 2 is 1.29 bits per heavy atom. The summed E-state index contributed by atoms with van der Waals surface area (Å²) in [6.45, 7) is 2.25. The molecular formula is C25H39Cl4N3OS. The molecular weight excluding hydrogens is 532 g/mol. The number of carbonyl (C=O) groups excluding carboxylic acids is 1. The van der Waals surface area contributed by atoms with Gasteiger partial charge in [-0.25, -0.2) is 0 Å². The van der Waals surface area contributed by atoms with Gasteiger partial charge >= 0.3 is 0 Å². The lowest BCUT2D eigenvalue weighted by Crippen LogP contribution is -2.56. The fourth-order valence-corrected chi connectivity index (χ4v) is 4.26. The SMILES string of the molecule is CCCCCCCCCCCCCCCC(=O)N[C@@H](NC(=S)Nc1ccc(Cl)cc1)C(Cl)(Cl)Cl. The Bertz CT molecular complexity index is 698. The van der Waals surface area contributed by atoms with E-state index in [4.69, 9.17) is 58.6 Å². The van der Waals surface area contributed by atoms with Gasteiger partial charge in [0.15, 0.2) is 5.11 Å². The van der Waals surface area contributed by atoms with E-state index in [1.807, 2.05) is 0 Å². The highest BCUT2D eigenvalue weighted by molar-refractivity contribution is 7.80. The van der Waals surface area contributed by atoms with Gasteiger partial charge in [0.1, 0.15) is 6.17 Å². The summed E-state index contributed by atoms with van der Waals surface area (Å²) in [4.78, 5) is 12.4. The predicted octanol–water partition coefficient (Wildman–Crippen LogP) is 8.92. The predicted molar refractivity (Wildman–Crippen MR) is 153 cm³/mol. The summed E-state index contributed by atoms with van der Waals surface area (Å²) in [5, 5.41) is 9.40. The molecule has 0 aliphatic carbocycles. The number of carbonyl (C=O) groups is 1. The number of alkyl halides is 3. The number of unbranched alkanes of at least 4 members (excludes halogenated alkanes) is 12. The molecule has 0 bridgehead atoms. The van der Waals surface area contributed by atoms with Crippen LogP contribution >= 0.6 is 58.6 Å². The minimum absolute atomic E-state index is 0.179. The third-order valence-corrected chi connectivity index (χ3v) is 6.64. The molecule has 0 fully saturated rings. The van der Waals surface area contributed by atoms with Crippen LogP contribution in [0.1, 0.15) is 96.8 Å². The molecule has 0 radical (unpaired) electrons. The molecule has 1 aromatic rings. The lowest BCUT2D eigenvalue weighted by Gasteiger charge is -2.27. The normalized spacial score (nSPS) is 12.3. The Kier molecular flexibility index (Phi) is 17.4. The largest absolute Gasteiger partial charge is 0.339 e. The van der Waals surface area contributed by atoms with Gasteiger partial charge in [0.25, 0.3) is 0 Å². The molecule has 0 saturated heterocycles. The summed E-state index contributed by atoms with van der Waals surface area (Å²) in [5.41, 5.74) is 0.725. The third kappa shape index (κ3) is 16.3. The van der Waals surface area contributed by atoms with Crippen molar-refractivity contribution in [3.63, 3.8) is 0 Å². The molecule has 0 aliphatic heterocycles. The molecule has 4 nitrogen and oxygen atoms in total. The summed E-state index contributed by atoms with van der Waals surface area (Å²) in [6, 6.07) is 7.01. The fraction of sp³-hybridized carbons (Fsp3) is 0.680. The van der Waals surface area contributed by atoms with Crippen molar-refractivity contribution >= 4 is 75.3 Å². The molecule has 194 valence electrons. The molecule has 0 unspecified atom stereocenters. The van der Waals surface area contributed by atoms with Crippen molar-refractivity contribution in [3.05, 3.63) is 29.3 Å². The molecule has 0 spiro atoms. The van der Waals surface area contributed by atoms with Crippen LogP contribution in [0, 0.1) is 0 Å². The minimum atomic E-state index is -1.77. The van der Waals surface area contributed by atoms with Crippen LogP contribution < -0.4 is 16.0 Å². The number of anilines is 1. The van der Waals surface area contributed by atoms with Crippen molar-refractivity contribution < 1.29 is 4.79 Å². The standard InChI is InChI=1S/C25H39Cl4N3OS/c1-2-3-4-5-6-7-8-9-10-11-12-13-14-15-22(33)31-23(25(27,28)29)32-24(34)30-21-18-16-20(26)17-19-21/h16-19,23H,2-15H2,1H3,(H,31,33)(H2,30,32,34)/t23-/m0/s1. The van der Waals surface area contributed by atoms with E-state index >= 15 is 0 Å². The first kappa shape index (κ1) is 31.6. The van der Waals surface area contributed by atoms with Crippen molar-refractivity contribution in [2.45, 2.75) is 107 Å². The van der Waals surface area contributed by atoms with Crippen molar-refractivity contribution in [1.29, 1.82) is 0 Å². The van der Waals surface area contributed by atoms with Gasteiger partial charge in [0.2, 0.25) is 9.70 Å². The molecule has 1 aromatic carbocycles. The average Bonchev–Trinajstić information content (AvgIpc) is 2.77. The van der Waals surface area contributed by atoms with Crippen LogP contribution in [0.25, 0.3) is 0 Å². The monoisotopic (exact) mass is 569 g/mol. The van der Waals surface area contributed by atoms with E-state index in [2.05, 4.69) is 22.9 Å². The van der Waals surface area contributed by atoms with Crippen LogP contribution in [0.5, 0.6) is 0 Å². The van der Waals surface area contributed by atoms with Crippen LogP contribution in [0.3, 0.4) is 0 Å². The summed E-state index contributed by atoms with van der Waals surface area (Å²) in [7, 11) is 0. The Morgan fingerprint density at radius 1 is 0.824 bits per heavy atom. The van der Waals surface area contributed by atoms with Crippen molar-refractivity contribution in [2.24, 2.45) is 0 Å². The number of rotatable bonds is 17. The first-order valence-corrected chi connectivity index (χ1v) is 14.3. The molecule has 0 saturated carbocycles.